The minimum absolute atomic E-state index is 0.0681. The Bertz CT molecular complexity index is 564. The molecule has 0 saturated carbocycles. The second-order valence-corrected chi connectivity index (χ2v) is 3.78. The zero-order valence-electron chi connectivity index (χ0n) is 9.51. The number of aromatic nitrogens is 3. The number of aryl methyl sites for hydroxylation is 2. The zero-order chi connectivity index (χ0) is 12.4. The molecule has 2 rings (SSSR count). The molecule has 5 heteroatoms. The second kappa shape index (κ2) is 4.29. The first-order chi connectivity index (χ1) is 8.08. The first-order valence-corrected chi connectivity index (χ1v) is 5.07. The Balaban J connectivity index is 2.43. The summed E-state index contributed by atoms with van der Waals surface area (Å²) in [6.07, 6.45) is 4.30. The molecule has 0 saturated heterocycles. The average Bonchev–Trinajstić information content (AvgIpc) is 2.29. The number of carboxylic acid groups (broad SMARTS) is 1. The number of hydrogen-bond acceptors (Lipinski definition) is 4. The smallest absolute Gasteiger partial charge is 0.338 e. The van der Waals surface area contributed by atoms with Gasteiger partial charge in [-0.3, -0.25) is 4.98 Å². The molecule has 0 unspecified atom stereocenters. The molecule has 2 aromatic rings. The Labute approximate surface area is 98.2 Å². The van der Waals surface area contributed by atoms with Crippen LogP contribution in [-0.2, 0) is 0 Å². The van der Waals surface area contributed by atoms with Gasteiger partial charge in [0, 0.05) is 18.6 Å². The van der Waals surface area contributed by atoms with Crippen LogP contribution in [0.1, 0.15) is 21.5 Å². The van der Waals surface area contributed by atoms with Gasteiger partial charge in [0.25, 0.3) is 0 Å². The number of hydrogen-bond donors (Lipinski definition) is 1. The molecule has 5 nitrogen and oxygen atoms in total. The van der Waals surface area contributed by atoms with E-state index in [2.05, 4.69) is 15.0 Å². The lowest BCUT2D eigenvalue weighted by atomic mass is 10.1. The molecule has 0 fully saturated rings. The van der Waals surface area contributed by atoms with Crippen molar-refractivity contribution in [3.8, 4) is 11.5 Å². The van der Waals surface area contributed by atoms with Crippen molar-refractivity contribution in [2.45, 2.75) is 13.8 Å². The summed E-state index contributed by atoms with van der Waals surface area (Å²) in [5, 5.41) is 8.74. The highest BCUT2D eigenvalue weighted by Crippen LogP contribution is 2.17. The summed E-state index contributed by atoms with van der Waals surface area (Å²) in [6.45, 7) is 3.88. The fraction of sp³-hybridized carbons (Fsp3) is 0.167. The molecule has 1 N–H and O–H groups in total. The van der Waals surface area contributed by atoms with Gasteiger partial charge >= 0.3 is 5.97 Å². The largest absolute Gasteiger partial charge is 0.478 e. The highest BCUT2D eigenvalue weighted by atomic mass is 16.4. The third-order valence-electron chi connectivity index (χ3n) is 2.33. The molecule has 0 radical (unpaired) electrons. The maximum Gasteiger partial charge on any atom is 0.338 e. The number of carbonyl (C=O) groups is 1. The lowest BCUT2D eigenvalue weighted by Gasteiger charge is -2.04. The zero-order valence-corrected chi connectivity index (χ0v) is 9.51. The molecule has 2 heterocycles. The molecule has 0 bridgehead atoms. The molecule has 0 aliphatic rings. The summed E-state index contributed by atoms with van der Waals surface area (Å²) in [4.78, 5) is 22.9. The average molecular weight is 229 g/mol. The Hall–Kier alpha value is -2.30. The van der Waals surface area contributed by atoms with E-state index in [1.54, 1.807) is 6.20 Å². The van der Waals surface area contributed by atoms with E-state index in [0.29, 0.717) is 11.5 Å². The summed E-state index contributed by atoms with van der Waals surface area (Å²) >= 11 is 0. The molecule has 0 aliphatic heterocycles. The van der Waals surface area contributed by atoms with Crippen molar-refractivity contribution in [1.82, 2.24) is 15.0 Å². The van der Waals surface area contributed by atoms with E-state index in [1.165, 1.54) is 12.4 Å². The van der Waals surface area contributed by atoms with E-state index in [4.69, 9.17) is 5.11 Å². The summed E-state index contributed by atoms with van der Waals surface area (Å²) in [5.74, 6) is -0.599. The second-order valence-electron chi connectivity index (χ2n) is 3.78. The van der Waals surface area contributed by atoms with Crippen LogP contribution in [0.25, 0.3) is 11.5 Å². The molecule has 0 aromatic carbocycles. The minimum atomic E-state index is -1.04. The molecule has 0 aliphatic carbocycles. The van der Waals surface area contributed by atoms with Crippen LogP contribution >= 0.6 is 0 Å². The maximum atomic E-state index is 10.7. The van der Waals surface area contributed by atoms with Gasteiger partial charge in [0.05, 0.1) is 5.56 Å². The number of nitrogens with zero attached hydrogens (tertiary/aromatic N) is 3. The SMILES string of the molecule is Cc1cnc(-c2ncc(C(=O)O)cn2)c(C)c1. The molecule has 0 amide bonds. The Morgan fingerprint density at radius 3 is 2.29 bits per heavy atom. The van der Waals surface area contributed by atoms with Gasteiger partial charge in [-0.2, -0.15) is 0 Å². The molecular formula is C12H11N3O2. The standard InChI is InChI=1S/C12H11N3O2/c1-7-3-8(2)10(13-4-7)11-14-5-9(6-15-11)12(16)17/h3-6H,1-2H3,(H,16,17). The summed E-state index contributed by atoms with van der Waals surface area (Å²) in [6, 6.07) is 1.98. The number of pyridine rings is 1. The van der Waals surface area contributed by atoms with Gasteiger partial charge < -0.3 is 5.11 Å². The molecule has 0 spiro atoms. The van der Waals surface area contributed by atoms with Crippen LogP contribution in [0.5, 0.6) is 0 Å². The molecule has 86 valence electrons. The van der Waals surface area contributed by atoms with Crippen molar-refractivity contribution in [2.24, 2.45) is 0 Å². The van der Waals surface area contributed by atoms with E-state index >= 15 is 0 Å². The third kappa shape index (κ3) is 2.28. The maximum absolute atomic E-state index is 10.7. The Morgan fingerprint density at radius 1 is 1.12 bits per heavy atom. The van der Waals surface area contributed by atoms with Crippen LogP contribution in [0.2, 0.25) is 0 Å². The minimum Gasteiger partial charge on any atom is -0.478 e. The van der Waals surface area contributed by atoms with Crippen LogP contribution in [0.15, 0.2) is 24.7 Å². The molecule has 2 aromatic heterocycles. The Kier molecular flexibility index (Phi) is 2.82. The summed E-state index contributed by atoms with van der Waals surface area (Å²) < 4.78 is 0. The number of rotatable bonds is 2. The monoisotopic (exact) mass is 229 g/mol. The van der Waals surface area contributed by atoms with Crippen molar-refractivity contribution in [1.29, 1.82) is 0 Å². The quantitative estimate of drug-likeness (QED) is 0.850. The van der Waals surface area contributed by atoms with Crippen molar-refractivity contribution in [3.63, 3.8) is 0 Å². The van der Waals surface area contributed by atoms with E-state index in [0.717, 1.165) is 11.1 Å². The van der Waals surface area contributed by atoms with Crippen molar-refractivity contribution >= 4 is 5.97 Å². The van der Waals surface area contributed by atoms with Crippen LogP contribution in [0.4, 0.5) is 0 Å². The highest BCUT2D eigenvalue weighted by Gasteiger charge is 2.09. The number of aromatic carboxylic acids is 1. The summed E-state index contributed by atoms with van der Waals surface area (Å²) in [5.41, 5.74) is 2.77. The van der Waals surface area contributed by atoms with E-state index < -0.39 is 5.97 Å². The predicted octanol–water partition coefficient (Wildman–Crippen LogP) is 1.85. The van der Waals surface area contributed by atoms with Crippen LogP contribution in [0, 0.1) is 13.8 Å². The van der Waals surface area contributed by atoms with Gasteiger partial charge in [-0.15, -0.1) is 0 Å². The third-order valence-corrected chi connectivity index (χ3v) is 2.33. The molecular weight excluding hydrogens is 218 g/mol. The van der Waals surface area contributed by atoms with Crippen LogP contribution < -0.4 is 0 Å². The highest BCUT2D eigenvalue weighted by molar-refractivity contribution is 5.86. The fourth-order valence-corrected chi connectivity index (χ4v) is 1.51. The van der Waals surface area contributed by atoms with Gasteiger partial charge in [0.2, 0.25) is 0 Å². The normalized spacial score (nSPS) is 10.2. The van der Waals surface area contributed by atoms with Crippen molar-refractivity contribution in [2.75, 3.05) is 0 Å². The van der Waals surface area contributed by atoms with Gasteiger partial charge in [0.15, 0.2) is 5.82 Å². The topological polar surface area (TPSA) is 76.0 Å². The van der Waals surface area contributed by atoms with Crippen molar-refractivity contribution in [3.05, 3.63) is 41.3 Å². The van der Waals surface area contributed by atoms with Crippen molar-refractivity contribution < 1.29 is 9.90 Å². The van der Waals surface area contributed by atoms with Crippen LogP contribution in [0.3, 0.4) is 0 Å². The van der Waals surface area contributed by atoms with E-state index in [-0.39, 0.29) is 5.56 Å². The Morgan fingerprint density at radius 2 is 1.76 bits per heavy atom. The first kappa shape index (κ1) is 11.2. The molecule has 0 atom stereocenters. The lowest BCUT2D eigenvalue weighted by molar-refractivity contribution is 0.0696. The summed E-state index contributed by atoms with van der Waals surface area (Å²) in [7, 11) is 0. The van der Waals surface area contributed by atoms with Gasteiger partial charge in [-0.1, -0.05) is 6.07 Å². The number of carboxylic acids is 1. The lowest BCUT2D eigenvalue weighted by Crippen LogP contribution is -2.01. The first-order valence-electron chi connectivity index (χ1n) is 5.07. The van der Waals surface area contributed by atoms with E-state index in [9.17, 15) is 4.79 Å². The van der Waals surface area contributed by atoms with Gasteiger partial charge in [-0.05, 0) is 25.0 Å². The van der Waals surface area contributed by atoms with Crippen LogP contribution in [-0.4, -0.2) is 26.0 Å². The van der Waals surface area contributed by atoms with Gasteiger partial charge in [0.1, 0.15) is 5.69 Å². The van der Waals surface area contributed by atoms with E-state index in [1.807, 2.05) is 19.9 Å². The fourth-order valence-electron chi connectivity index (χ4n) is 1.51. The van der Waals surface area contributed by atoms with Gasteiger partial charge in [-0.25, -0.2) is 14.8 Å². The predicted molar refractivity (Wildman–Crippen MR) is 61.7 cm³/mol. The molecule has 17 heavy (non-hydrogen) atoms.